The molecule has 6 heteroatoms. The zero-order chi connectivity index (χ0) is 9.68. The number of halogens is 1. The lowest BCUT2D eigenvalue weighted by Crippen LogP contribution is -2.21. The van der Waals surface area contributed by atoms with Gasteiger partial charge in [-0.3, -0.25) is 0 Å². The van der Waals surface area contributed by atoms with Crippen LogP contribution in [-0.4, -0.2) is 12.2 Å². The summed E-state index contributed by atoms with van der Waals surface area (Å²) in [6, 6.07) is 7.23. The number of benzene rings is 1. The monoisotopic (exact) mass is 213 g/mol. The van der Waals surface area contributed by atoms with E-state index in [1.54, 1.807) is 12.1 Å². The summed E-state index contributed by atoms with van der Waals surface area (Å²) in [6.45, 7) is 0. The van der Waals surface area contributed by atoms with Gasteiger partial charge in [-0.1, -0.05) is 12.1 Å². The summed E-state index contributed by atoms with van der Waals surface area (Å²) in [6.07, 6.45) is 1.52. The van der Waals surface area contributed by atoms with Gasteiger partial charge in [-0.2, -0.15) is 5.10 Å². The number of hydrogen-bond donors (Lipinski definition) is 3. The van der Waals surface area contributed by atoms with Gasteiger partial charge in [0, 0.05) is 5.69 Å². The minimum atomic E-state index is -0.0693. The van der Waals surface area contributed by atoms with E-state index >= 15 is 0 Å². The molecule has 0 atom stereocenters. The highest BCUT2D eigenvalue weighted by Crippen LogP contribution is 2.03. The lowest BCUT2D eigenvalue weighted by atomic mass is 10.2. The van der Waals surface area contributed by atoms with E-state index in [9.17, 15) is 0 Å². The van der Waals surface area contributed by atoms with Crippen LogP contribution < -0.4 is 17.2 Å². The molecule has 0 radical (unpaired) electrons. The molecule has 1 aromatic rings. The van der Waals surface area contributed by atoms with E-state index < -0.39 is 0 Å². The maximum absolute atomic E-state index is 5.54. The van der Waals surface area contributed by atoms with Crippen LogP contribution in [0, 0.1) is 0 Å². The summed E-state index contributed by atoms with van der Waals surface area (Å²) in [4.78, 5) is 0. The van der Waals surface area contributed by atoms with Crippen molar-refractivity contribution in [2.24, 2.45) is 21.7 Å². The maximum Gasteiger partial charge on any atom is 0.211 e. The van der Waals surface area contributed by atoms with E-state index in [2.05, 4.69) is 10.2 Å². The molecule has 6 N–H and O–H groups in total. The zero-order valence-electron chi connectivity index (χ0n) is 7.42. The SMILES string of the molecule is Cl.NC(N)=N/N=C/c1cccc(N)c1. The Hall–Kier alpha value is -1.75. The summed E-state index contributed by atoms with van der Waals surface area (Å²) in [5.41, 5.74) is 17.2. The van der Waals surface area contributed by atoms with E-state index in [1.807, 2.05) is 12.1 Å². The number of hydrogen-bond acceptors (Lipinski definition) is 3. The van der Waals surface area contributed by atoms with Crippen molar-refractivity contribution in [3.8, 4) is 0 Å². The first-order valence-corrected chi connectivity index (χ1v) is 3.66. The maximum atomic E-state index is 5.54. The number of anilines is 1. The third-order valence-electron chi connectivity index (χ3n) is 1.29. The summed E-state index contributed by atoms with van der Waals surface area (Å²) in [7, 11) is 0. The van der Waals surface area contributed by atoms with Gasteiger partial charge in [0.05, 0.1) is 6.21 Å². The molecule has 0 heterocycles. The van der Waals surface area contributed by atoms with Gasteiger partial charge in [-0.15, -0.1) is 17.5 Å². The zero-order valence-corrected chi connectivity index (χ0v) is 8.24. The van der Waals surface area contributed by atoms with Gasteiger partial charge < -0.3 is 17.2 Å². The number of guanidine groups is 1. The molecule has 0 spiro atoms. The molecule has 0 saturated heterocycles. The van der Waals surface area contributed by atoms with Crippen LogP contribution in [0.15, 0.2) is 34.5 Å². The Bertz CT molecular complexity index is 343. The summed E-state index contributed by atoms with van der Waals surface area (Å²) in [5, 5.41) is 7.09. The Kier molecular flexibility index (Phi) is 5.09. The molecule has 0 amide bonds. The minimum Gasteiger partial charge on any atom is -0.399 e. The highest BCUT2D eigenvalue weighted by molar-refractivity contribution is 5.85. The number of nitrogens with two attached hydrogens (primary N) is 3. The highest BCUT2D eigenvalue weighted by Gasteiger charge is 1.87. The lowest BCUT2D eigenvalue weighted by Gasteiger charge is -1.93. The number of nitrogens with zero attached hydrogens (tertiary/aromatic N) is 2. The van der Waals surface area contributed by atoms with E-state index in [4.69, 9.17) is 17.2 Å². The molecule has 76 valence electrons. The van der Waals surface area contributed by atoms with Gasteiger partial charge in [0.2, 0.25) is 5.96 Å². The molecule has 0 aliphatic carbocycles. The van der Waals surface area contributed by atoms with E-state index in [0.717, 1.165) is 5.56 Å². The van der Waals surface area contributed by atoms with Crippen molar-refractivity contribution in [2.75, 3.05) is 5.73 Å². The van der Waals surface area contributed by atoms with Gasteiger partial charge in [0.25, 0.3) is 0 Å². The largest absolute Gasteiger partial charge is 0.399 e. The van der Waals surface area contributed by atoms with E-state index in [0.29, 0.717) is 5.69 Å². The third-order valence-corrected chi connectivity index (χ3v) is 1.29. The Morgan fingerprint density at radius 3 is 2.57 bits per heavy atom. The smallest absolute Gasteiger partial charge is 0.211 e. The van der Waals surface area contributed by atoms with Gasteiger partial charge in [-0.25, -0.2) is 0 Å². The van der Waals surface area contributed by atoms with Crippen LogP contribution >= 0.6 is 12.4 Å². The predicted molar refractivity (Wildman–Crippen MR) is 61.5 cm³/mol. The number of rotatable bonds is 2. The van der Waals surface area contributed by atoms with E-state index in [1.165, 1.54) is 6.21 Å². The van der Waals surface area contributed by atoms with Crippen LogP contribution in [0.5, 0.6) is 0 Å². The van der Waals surface area contributed by atoms with Crippen LogP contribution in [0.2, 0.25) is 0 Å². The first-order chi connectivity index (χ1) is 6.18. The van der Waals surface area contributed by atoms with Crippen molar-refractivity contribution in [3.05, 3.63) is 29.8 Å². The first-order valence-electron chi connectivity index (χ1n) is 3.66. The molecule has 0 saturated carbocycles. The summed E-state index contributed by atoms with van der Waals surface area (Å²) >= 11 is 0. The lowest BCUT2D eigenvalue weighted by molar-refractivity contribution is 1.21. The molecular weight excluding hydrogens is 202 g/mol. The second-order valence-electron chi connectivity index (χ2n) is 2.44. The van der Waals surface area contributed by atoms with Crippen molar-refractivity contribution in [1.29, 1.82) is 0 Å². The van der Waals surface area contributed by atoms with E-state index in [-0.39, 0.29) is 18.4 Å². The molecule has 1 rings (SSSR count). The molecule has 0 aromatic heterocycles. The minimum absolute atomic E-state index is 0. The fourth-order valence-electron chi connectivity index (χ4n) is 0.802. The molecule has 0 aliphatic heterocycles. The fraction of sp³-hybridized carbons (Fsp3) is 0. The van der Waals surface area contributed by atoms with Crippen LogP contribution in [0.4, 0.5) is 5.69 Å². The second-order valence-corrected chi connectivity index (χ2v) is 2.44. The van der Waals surface area contributed by atoms with Crippen LogP contribution in [-0.2, 0) is 0 Å². The van der Waals surface area contributed by atoms with Crippen molar-refractivity contribution in [1.82, 2.24) is 0 Å². The number of nitrogen functional groups attached to an aromatic ring is 1. The second kappa shape index (κ2) is 5.82. The first kappa shape index (κ1) is 12.2. The van der Waals surface area contributed by atoms with Crippen LogP contribution in [0.1, 0.15) is 5.56 Å². The standard InChI is InChI=1S/C8H11N5.ClH/c9-7-3-1-2-6(4-7)5-12-13-8(10)11;/h1-5H,9H2,(H4,10,11,13);1H/b12-5+;. The topological polar surface area (TPSA) is 103 Å². The summed E-state index contributed by atoms with van der Waals surface area (Å²) in [5.74, 6) is -0.0693. The Balaban J connectivity index is 0.00000169. The average Bonchev–Trinajstić information content (AvgIpc) is 2.03. The Labute approximate surface area is 88.1 Å². The van der Waals surface area contributed by atoms with Crippen LogP contribution in [0.3, 0.4) is 0 Å². The molecular formula is C8H12ClN5. The molecule has 0 unspecified atom stereocenters. The third kappa shape index (κ3) is 4.32. The highest BCUT2D eigenvalue weighted by atomic mass is 35.5. The Morgan fingerprint density at radius 1 is 1.29 bits per heavy atom. The summed E-state index contributed by atoms with van der Waals surface area (Å²) < 4.78 is 0. The average molecular weight is 214 g/mol. The van der Waals surface area contributed by atoms with Gasteiger partial charge >= 0.3 is 0 Å². The molecule has 5 nitrogen and oxygen atoms in total. The fourth-order valence-corrected chi connectivity index (χ4v) is 0.802. The van der Waals surface area contributed by atoms with Crippen LogP contribution in [0.25, 0.3) is 0 Å². The quantitative estimate of drug-likeness (QED) is 0.285. The van der Waals surface area contributed by atoms with Crippen molar-refractivity contribution in [2.45, 2.75) is 0 Å². The van der Waals surface area contributed by atoms with Gasteiger partial charge in [0.15, 0.2) is 0 Å². The van der Waals surface area contributed by atoms with Gasteiger partial charge in [0.1, 0.15) is 0 Å². The normalized spacial score (nSPS) is 9.43. The molecule has 14 heavy (non-hydrogen) atoms. The predicted octanol–water partition coefficient (Wildman–Crippen LogP) is 0.298. The van der Waals surface area contributed by atoms with Crippen molar-refractivity contribution in [3.63, 3.8) is 0 Å². The molecule has 0 bridgehead atoms. The molecule has 1 aromatic carbocycles. The van der Waals surface area contributed by atoms with Crippen molar-refractivity contribution < 1.29 is 0 Å². The van der Waals surface area contributed by atoms with Gasteiger partial charge in [-0.05, 0) is 17.7 Å². The molecule has 0 aliphatic rings. The Morgan fingerprint density at radius 2 is 2.00 bits per heavy atom. The van der Waals surface area contributed by atoms with Crippen molar-refractivity contribution >= 4 is 30.3 Å². The molecule has 0 fully saturated rings.